The standard InChI is InChI=1S/C46H46N4O6/c1-29-43(27-50-20-19-36-22-41(53-2)42(54-3)23-37(36)26-50)55-46(56-44(29)33-13-11-30(28-51)12-14-33)34-17-15-32(16-18-34)35-8-6-7-31(21-35)24-48-45(52)40-25-47-38-9-4-5-10-39(38)49-40/h4-18,21-23,25,29,43-44,46,51H,19-20,24,26-28H2,1-3H3,(H,48,52)/t29-,43+,44+,46+/m0/s1. The van der Waals surface area contributed by atoms with E-state index in [1.54, 1.807) is 14.2 Å². The average molecular weight is 751 g/mol. The van der Waals surface area contributed by atoms with Crippen LogP contribution in [0.2, 0.25) is 0 Å². The average Bonchev–Trinajstić information content (AvgIpc) is 3.25. The van der Waals surface area contributed by atoms with E-state index in [0.29, 0.717) is 12.1 Å². The van der Waals surface area contributed by atoms with Crippen LogP contribution in [-0.2, 0) is 35.6 Å². The summed E-state index contributed by atoms with van der Waals surface area (Å²) in [5, 5.41) is 12.7. The maximum Gasteiger partial charge on any atom is 0.271 e. The van der Waals surface area contributed by atoms with E-state index in [1.165, 1.54) is 17.3 Å². The van der Waals surface area contributed by atoms with Crippen LogP contribution in [0.3, 0.4) is 0 Å². The van der Waals surface area contributed by atoms with Crippen LogP contribution in [0.25, 0.3) is 22.2 Å². The molecule has 2 N–H and O–H groups in total. The van der Waals surface area contributed by atoms with Crippen LogP contribution in [0.1, 0.15) is 63.2 Å². The van der Waals surface area contributed by atoms with Crippen LogP contribution in [0.5, 0.6) is 11.5 Å². The Morgan fingerprint density at radius 2 is 1.55 bits per heavy atom. The van der Waals surface area contributed by atoms with E-state index in [1.807, 2.05) is 48.5 Å². The van der Waals surface area contributed by atoms with Crippen LogP contribution in [0.4, 0.5) is 0 Å². The van der Waals surface area contributed by atoms with Crippen LogP contribution in [0.15, 0.2) is 115 Å². The summed E-state index contributed by atoms with van der Waals surface area (Å²) in [6, 6.07) is 36.2. The molecule has 6 aromatic rings. The maximum absolute atomic E-state index is 12.9. The minimum Gasteiger partial charge on any atom is -0.493 e. The lowest BCUT2D eigenvalue weighted by molar-refractivity contribution is -0.276. The lowest BCUT2D eigenvalue weighted by Gasteiger charge is -2.43. The number of aliphatic hydroxyl groups is 1. The monoisotopic (exact) mass is 750 g/mol. The Kier molecular flexibility index (Phi) is 11.1. The molecule has 0 radical (unpaired) electrons. The van der Waals surface area contributed by atoms with Crippen molar-refractivity contribution in [3.05, 3.63) is 154 Å². The van der Waals surface area contributed by atoms with Gasteiger partial charge in [0, 0.05) is 37.7 Å². The van der Waals surface area contributed by atoms with Crippen molar-refractivity contribution < 1.29 is 28.8 Å². The number of rotatable bonds is 11. The summed E-state index contributed by atoms with van der Waals surface area (Å²) in [6.07, 6.45) is 1.53. The van der Waals surface area contributed by atoms with Gasteiger partial charge in [-0.1, -0.05) is 85.8 Å². The van der Waals surface area contributed by atoms with Crippen LogP contribution < -0.4 is 14.8 Å². The quantitative estimate of drug-likeness (QED) is 0.138. The molecule has 1 saturated heterocycles. The van der Waals surface area contributed by atoms with E-state index < -0.39 is 6.29 Å². The number of aliphatic hydroxyl groups excluding tert-OH is 1. The number of benzene rings is 5. The van der Waals surface area contributed by atoms with Crippen molar-refractivity contribution in [1.82, 2.24) is 20.2 Å². The molecule has 2 aliphatic heterocycles. The third-order valence-electron chi connectivity index (χ3n) is 10.9. The molecule has 0 bridgehead atoms. The Bertz CT molecular complexity index is 2320. The molecule has 56 heavy (non-hydrogen) atoms. The van der Waals surface area contributed by atoms with Crippen molar-refractivity contribution in [2.45, 2.75) is 51.5 Å². The predicted molar refractivity (Wildman–Crippen MR) is 214 cm³/mol. The summed E-state index contributed by atoms with van der Waals surface area (Å²) in [7, 11) is 3.35. The third kappa shape index (κ3) is 8.01. The molecule has 8 rings (SSSR count). The van der Waals surface area contributed by atoms with Crippen LogP contribution in [-0.4, -0.2) is 59.3 Å². The van der Waals surface area contributed by atoms with Gasteiger partial charge in [-0.25, -0.2) is 4.98 Å². The smallest absolute Gasteiger partial charge is 0.271 e. The van der Waals surface area contributed by atoms with Gasteiger partial charge in [0.05, 0.1) is 50.3 Å². The van der Waals surface area contributed by atoms with Gasteiger partial charge in [0.1, 0.15) is 5.69 Å². The zero-order chi connectivity index (χ0) is 38.6. The van der Waals surface area contributed by atoms with Gasteiger partial charge in [0.25, 0.3) is 5.91 Å². The number of amides is 1. The number of fused-ring (bicyclic) bond motifs is 2. The lowest BCUT2D eigenvalue weighted by Crippen LogP contribution is -2.45. The Hall–Kier alpha value is -5.65. The normalized spacial score (nSPS) is 19.6. The number of methoxy groups -OCH3 is 2. The molecule has 1 aromatic heterocycles. The summed E-state index contributed by atoms with van der Waals surface area (Å²) in [5.41, 5.74) is 10.1. The van der Waals surface area contributed by atoms with Crippen molar-refractivity contribution >= 4 is 16.9 Å². The molecule has 5 aromatic carbocycles. The predicted octanol–water partition coefficient (Wildman–Crippen LogP) is 7.59. The highest BCUT2D eigenvalue weighted by atomic mass is 16.7. The molecule has 1 amide bonds. The summed E-state index contributed by atoms with van der Waals surface area (Å²) in [5.74, 6) is 1.29. The summed E-state index contributed by atoms with van der Waals surface area (Å²) < 4.78 is 24.8. The number of ether oxygens (including phenoxy) is 4. The summed E-state index contributed by atoms with van der Waals surface area (Å²) in [4.78, 5) is 24.2. The van der Waals surface area contributed by atoms with Gasteiger partial charge in [0.2, 0.25) is 0 Å². The van der Waals surface area contributed by atoms with Crippen LogP contribution >= 0.6 is 0 Å². The number of nitrogens with one attached hydrogen (secondary N) is 1. The second-order valence-corrected chi connectivity index (χ2v) is 14.5. The first-order valence-corrected chi connectivity index (χ1v) is 19.0. The van der Waals surface area contributed by atoms with Gasteiger partial charge in [-0.05, 0) is 75.7 Å². The molecule has 10 nitrogen and oxygen atoms in total. The van der Waals surface area contributed by atoms with E-state index in [4.69, 9.17) is 18.9 Å². The largest absolute Gasteiger partial charge is 0.493 e. The minimum atomic E-state index is -0.575. The highest BCUT2D eigenvalue weighted by molar-refractivity contribution is 5.93. The zero-order valence-corrected chi connectivity index (χ0v) is 31.9. The topological polar surface area (TPSA) is 115 Å². The van der Waals surface area contributed by atoms with Gasteiger partial charge in [-0.2, -0.15) is 0 Å². The summed E-state index contributed by atoms with van der Waals surface area (Å²) >= 11 is 0. The van der Waals surface area contributed by atoms with Crippen molar-refractivity contribution in [1.29, 1.82) is 0 Å². The third-order valence-corrected chi connectivity index (χ3v) is 10.9. The van der Waals surface area contributed by atoms with E-state index in [-0.39, 0.29) is 36.3 Å². The number of carbonyl (C=O) groups is 1. The number of hydrogen-bond donors (Lipinski definition) is 2. The Morgan fingerprint density at radius 1 is 0.821 bits per heavy atom. The van der Waals surface area contributed by atoms with E-state index in [9.17, 15) is 9.90 Å². The van der Waals surface area contributed by atoms with Gasteiger partial charge in [0.15, 0.2) is 17.8 Å². The van der Waals surface area contributed by atoms with Gasteiger partial charge in [-0.3, -0.25) is 14.7 Å². The molecule has 2 aliphatic rings. The number of para-hydroxylation sites is 2. The van der Waals surface area contributed by atoms with Crippen molar-refractivity contribution in [2.24, 2.45) is 5.92 Å². The number of carbonyl (C=O) groups excluding carboxylic acids is 1. The van der Waals surface area contributed by atoms with Crippen LogP contribution in [0, 0.1) is 5.92 Å². The van der Waals surface area contributed by atoms with Crippen molar-refractivity contribution in [2.75, 3.05) is 27.3 Å². The number of nitrogens with zero attached hydrogens (tertiary/aromatic N) is 3. The second kappa shape index (κ2) is 16.6. The molecule has 0 unspecified atom stereocenters. The molecule has 4 atom stereocenters. The van der Waals surface area contributed by atoms with Crippen molar-refractivity contribution in [3.8, 4) is 22.6 Å². The SMILES string of the molecule is COc1cc2c(cc1OC)CN(C[C@H]1O[C@@H](c3ccc(-c4cccc(CNC(=O)c5cnc6ccccc6n5)c4)cc3)O[C@@H](c3ccc(CO)cc3)[C@H]1C)CC2. The first kappa shape index (κ1) is 37.3. The van der Waals surface area contributed by atoms with Gasteiger partial charge in [-0.15, -0.1) is 0 Å². The van der Waals surface area contributed by atoms with Gasteiger partial charge >= 0.3 is 0 Å². The lowest BCUT2D eigenvalue weighted by atomic mass is 9.89. The Balaban J connectivity index is 0.979. The fourth-order valence-electron chi connectivity index (χ4n) is 7.71. The Labute approximate surface area is 327 Å². The second-order valence-electron chi connectivity index (χ2n) is 14.5. The minimum absolute atomic E-state index is 0.00672. The molecule has 0 spiro atoms. The van der Waals surface area contributed by atoms with Gasteiger partial charge < -0.3 is 29.4 Å². The Morgan fingerprint density at radius 3 is 2.30 bits per heavy atom. The number of aromatic nitrogens is 2. The highest BCUT2D eigenvalue weighted by Gasteiger charge is 2.39. The van der Waals surface area contributed by atoms with Crippen molar-refractivity contribution in [3.63, 3.8) is 0 Å². The van der Waals surface area contributed by atoms with E-state index in [0.717, 1.165) is 76.5 Å². The maximum atomic E-state index is 12.9. The van der Waals surface area contributed by atoms with E-state index >= 15 is 0 Å². The first-order chi connectivity index (χ1) is 27.4. The molecule has 3 heterocycles. The summed E-state index contributed by atoms with van der Waals surface area (Å²) in [6.45, 7) is 4.99. The molecular formula is C46H46N4O6. The number of hydrogen-bond acceptors (Lipinski definition) is 9. The molecular weight excluding hydrogens is 705 g/mol. The molecule has 10 heteroatoms. The molecule has 1 fully saturated rings. The highest BCUT2D eigenvalue weighted by Crippen LogP contribution is 2.43. The zero-order valence-electron chi connectivity index (χ0n) is 31.9. The van der Waals surface area contributed by atoms with E-state index in [2.05, 4.69) is 87.8 Å². The fourth-order valence-corrected chi connectivity index (χ4v) is 7.71. The molecule has 0 aliphatic carbocycles. The molecule has 286 valence electrons. The fraction of sp³-hybridized carbons (Fsp3) is 0.283. The first-order valence-electron chi connectivity index (χ1n) is 19.0. The molecule has 0 saturated carbocycles.